The van der Waals surface area contributed by atoms with Gasteiger partial charge in [-0.05, 0) is 36.8 Å². The van der Waals surface area contributed by atoms with Gasteiger partial charge in [-0.3, -0.25) is 4.98 Å². The maximum Gasteiger partial charge on any atom is 0.315 e. The molecule has 2 N–H and O–H groups in total. The van der Waals surface area contributed by atoms with Gasteiger partial charge in [0, 0.05) is 10.7 Å². The molecule has 0 saturated carbocycles. The molecule has 0 aliphatic rings. The first-order valence-corrected chi connectivity index (χ1v) is 7.14. The molecule has 20 heavy (non-hydrogen) atoms. The number of nitrogens with zero attached hydrogens (tertiary/aromatic N) is 1. The van der Waals surface area contributed by atoms with E-state index < -0.39 is 0 Å². The van der Waals surface area contributed by atoms with Crippen LogP contribution < -0.4 is 10.6 Å². The van der Waals surface area contributed by atoms with Gasteiger partial charge in [-0.2, -0.15) is 0 Å². The number of carbonyl (C=O) groups excluding carboxylic acids is 1. The van der Waals surface area contributed by atoms with Crippen LogP contribution in [0.5, 0.6) is 0 Å². The molecular weight excluding hydrogens is 318 g/mol. The van der Waals surface area contributed by atoms with Crippen molar-refractivity contribution in [1.29, 1.82) is 0 Å². The number of aromatic nitrogens is 1. The van der Waals surface area contributed by atoms with Gasteiger partial charge < -0.3 is 10.6 Å². The molecule has 0 aliphatic heterocycles. The number of benzene rings is 1. The summed E-state index contributed by atoms with van der Waals surface area (Å²) in [6.07, 6.45) is 1.71. The molecule has 0 bridgehead atoms. The molecule has 4 nitrogen and oxygen atoms in total. The lowest BCUT2D eigenvalue weighted by Crippen LogP contribution is -2.36. The highest BCUT2D eigenvalue weighted by molar-refractivity contribution is 9.10. The number of pyridine rings is 1. The summed E-state index contributed by atoms with van der Waals surface area (Å²) in [5.74, 6) is 0. The highest BCUT2D eigenvalue weighted by atomic mass is 79.9. The first kappa shape index (κ1) is 14.5. The Balaban J connectivity index is 1.83. The summed E-state index contributed by atoms with van der Waals surface area (Å²) in [4.78, 5) is 16.0. The summed E-state index contributed by atoms with van der Waals surface area (Å²) in [5.41, 5.74) is 1.89. The van der Waals surface area contributed by atoms with E-state index in [0.29, 0.717) is 6.54 Å². The minimum Gasteiger partial charge on any atom is -0.332 e. The van der Waals surface area contributed by atoms with Crippen LogP contribution in [0.25, 0.3) is 0 Å². The number of hydrogen-bond donors (Lipinski definition) is 2. The Kier molecular flexibility index (Phi) is 5.12. The van der Waals surface area contributed by atoms with Gasteiger partial charge in [-0.25, -0.2) is 4.79 Å². The van der Waals surface area contributed by atoms with Crippen molar-refractivity contribution in [3.63, 3.8) is 0 Å². The molecule has 5 heteroatoms. The Hall–Kier alpha value is -1.88. The zero-order chi connectivity index (χ0) is 14.4. The molecule has 1 atom stereocenters. The van der Waals surface area contributed by atoms with Crippen LogP contribution in [-0.2, 0) is 6.54 Å². The number of amides is 2. The lowest BCUT2D eigenvalue weighted by Gasteiger charge is -2.15. The molecule has 2 rings (SSSR count). The maximum absolute atomic E-state index is 11.8. The largest absolute Gasteiger partial charge is 0.332 e. The van der Waals surface area contributed by atoms with E-state index in [1.165, 1.54) is 0 Å². The molecule has 1 aromatic heterocycles. The normalized spacial score (nSPS) is 11.7. The summed E-state index contributed by atoms with van der Waals surface area (Å²) in [5, 5.41) is 5.68. The smallest absolute Gasteiger partial charge is 0.315 e. The number of halogens is 1. The molecule has 2 amide bonds. The summed E-state index contributed by atoms with van der Waals surface area (Å²) < 4.78 is 1.02. The third-order valence-corrected chi connectivity index (χ3v) is 3.40. The fraction of sp³-hybridized carbons (Fsp3) is 0.200. The fourth-order valence-electron chi connectivity index (χ4n) is 1.76. The van der Waals surface area contributed by atoms with E-state index in [0.717, 1.165) is 15.7 Å². The van der Waals surface area contributed by atoms with E-state index in [-0.39, 0.29) is 12.1 Å². The van der Waals surface area contributed by atoms with Gasteiger partial charge in [-0.15, -0.1) is 0 Å². The van der Waals surface area contributed by atoms with Crippen LogP contribution in [0.2, 0.25) is 0 Å². The average Bonchev–Trinajstić information content (AvgIpc) is 2.47. The zero-order valence-electron chi connectivity index (χ0n) is 11.1. The Bertz CT molecular complexity index is 557. The molecule has 1 aromatic carbocycles. The van der Waals surface area contributed by atoms with Gasteiger partial charge >= 0.3 is 6.03 Å². The summed E-state index contributed by atoms with van der Waals surface area (Å²) in [6.45, 7) is 2.36. The van der Waals surface area contributed by atoms with Crippen molar-refractivity contribution >= 4 is 22.0 Å². The number of urea groups is 1. The Morgan fingerprint density at radius 3 is 2.65 bits per heavy atom. The Morgan fingerprint density at radius 1 is 1.25 bits per heavy atom. The van der Waals surface area contributed by atoms with E-state index in [9.17, 15) is 4.79 Å². The van der Waals surface area contributed by atoms with E-state index in [1.54, 1.807) is 6.20 Å². The van der Waals surface area contributed by atoms with Gasteiger partial charge in [0.25, 0.3) is 0 Å². The number of rotatable bonds is 4. The molecule has 0 aliphatic carbocycles. The van der Waals surface area contributed by atoms with Crippen molar-refractivity contribution in [1.82, 2.24) is 15.6 Å². The van der Waals surface area contributed by atoms with Crippen LogP contribution in [0.4, 0.5) is 4.79 Å². The van der Waals surface area contributed by atoms with Crippen LogP contribution in [0, 0.1) is 0 Å². The molecule has 0 radical (unpaired) electrons. The first-order valence-electron chi connectivity index (χ1n) is 6.35. The fourth-order valence-corrected chi connectivity index (χ4v) is 2.02. The molecule has 1 unspecified atom stereocenters. The van der Waals surface area contributed by atoms with Crippen molar-refractivity contribution in [2.45, 2.75) is 19.5 Å². The number of nitrogens with one attached hydrogen (secondary N) is 2. The van der Waals surface area contributed by atoms with E-state index in [2.05, 4.69) is 31.5 Å². The predicted octanol–water partition coefficient (Wildman–Crippen LogP) is 3.40. The Labute approximate surface area is 126 Å². The SMILES string of the molecule is CC(NC(=O)NCc1ccccn1)c1ccc(Br)cc1. The van der Waals surface area contributed by atoms with Gasteiger partial charge in [0.2, 0.25) is 0 Å². The monoisotopic (exact) mass is 333 g/mol. The second-order valence-corrected chi connectivity index (χ2v) is 5.34. The minimum absolute atomic E-state index is 0.0492. The third-order valence-electron chi connectivity index (χ3n) is 2.87. The van der Waals surface area contributed by atoms with E-state index >= 15 is 0 Å². The van der Waals surface area contributed by atoms with Gasteiger partial charge in [0.15, 0.2) is 0 Å². The number of hydrogen-bond acceptors (Lipinski definition) is 2. The van der Waals surface area contributed by atoms with Crippen LogP contribution >= 0.6 is 15.9 Å². The van der Waals surface area contributed by atoms with E-state index in [4.69, 9.17) is 0 Å². The highest BCUT2D eigenvalue weighted by Crippen LogP contribution is 2.16. The standard InChI is InChI=1S/C15H16BrN3O/c1-11(12-5-7-13(16)8-6-12)19-15(20)18-10-14-4-2-3-9-17-14/h2-9,11H,10H2,1H3,(H2,18,19,20). The summed E-state index contributed by atoms with van der Waals surface area (Å²) in [7, 11) is 0. The molecule has 2 aromatic rings. The molecule has 104 valence electrons. The Morgan fingerprint density at radius 2 is 2.00 bits per heavy atom. The van der Waals surface area contributed by atoms with Crippen molar-refractivity contribution < 1.29 is 4.79 Å². The minimum atomic E-state index is -0.203. The second-order valence-electron chi connectivity index (χ2n) is 4.42. The third kappa shape index (κ3) is 4.35. The molecule has 0 saturated heterocycles. The van der Waals surface area contributed by atoms with E-state index in [1.807, 2.05) is 49.4 Å². The van der Waals surface area contributed by atoms with Crippen LogP contribution in [0.1, 0.15) is 24.2 Å². The topological polar surface area (TPSA) is 54.0 Å². The summed E-state index contributed by atoms with van der Waals surface area (Å²) in [6, 6.07) is 13.2. The van der Waals surface area contributed by atoms with Crippen LogP contribution in [0.3, 0.4) is 0 Å². The lowest BCUT2D eigenvalue weighted by atomic mass is 10.1. The molecular formula is C15H16BrN3O. The average molecular weight is 334 g/mol. The van der Waals surface area contributed by atoms with Gasteiger partial charge in [0.1, 0.15) is 0 Å². The number of carbonyl (C=O) groups is 1. The zero-order valence-corrected chi connectivity index (χ0v) is 12.7. The van der Waals surface area contributed by atoms with Gasteiger partial charge in [0.05, 0.1) is 18.3 Å². The van der Waals surface area contributed by atoms with Crippen molar-refractivity contribution in [3.05, 3.63) is 64.4 Å². The quantitative estimate of drug-likeness (QED) is 0.900. The van der Waals surface area contributed by atoms with Crippen molar-refractivity contribution in [3.8, 4) is 0 Å². The maximum atomic E-state index is 11.8. The van der Waals surface area contributed by atoms with Crippen molar-refractivity contribution in [2.75, 3.05) is 0 Å². The molecule has 1 heterocycles. The van der Waals surface area contributed by atoms with Crippen molar-refractivity contribution in [2.24, 2.45) is 0 Å². The first-order chi connectivity index (χ1) is 9.65. The molecule has 0 fully saturated rings. The van der Waals surface area contributed by atoms with Crippen LogP contribution in [-0.4, -0.2) is 11.0 Å². The van der Waals surface area contributed by atoms with Gasteiger partial charge in [-0.1, -0.05) is 34.1 Å². The predicted molar refractivity (Wildman–Crippen MR) is 82.2 cm³/mol. The van der Waals surface area contributed by atoms with Crippen LogP contribution in [0.15, 0.2) is 53.1 Å². The second kappa shape index (κ2) is 7.05. The summed E-state index contributed by atoms with van der Waals surface area (Å²) >= 11 is 3.39. The lowest BCUT2D eigenvalue weighted by molar-refractivity contribution is 0.237. The highest BCUT2D eigenvalue weighted by Gasteiger charge is 2.08. The molecule has 0 spiro atoms.